The monoisotopic (exact) mass is 382 g/mol. The molecule has 0 radical (unpaired) electrons. The van der Waals surface area contributed by atoms with Gasteiger partial charge in [-0.2, -0.15) is 0 Å². The quantitative estimate of drug-likeness (QED) is 0.606. The fourth-order valence-corrected chi connectivity index (χ4v) is 3.79. The molecule has 2 aliphatic rings. The van der Waals surface area contributed by atoms with Gasteiger partial charge >= 0.3 is 0 Å². The van der Waals surface area contributed by atoms with E-state index < -0.39 is 0 Å². The van der Waals surface area contributed by atoms with E-state index in [4.69, 9.17) is 18.9 Å². The molecule has 2 aromatic rings. The van der Waals surface area contributed by atoms with Gasteiger partial charge in [0.05, 0.1) is 13.2 Å². The molecule has 0 amide bonds. The maximum Gasteiger partial charge on any atom is 0.125 e. The van der Waals surface area contributed by atoms with Crippen molar-refractivity contribution in [3.05, 3.63) is 57.6 Å². The number of hydrogen-bond acceptors (Lipinski definition) is 4. The smallest absolute Gasteiger partial charge is 0.125 e. The summed E-state index contributed by atoms with van der Waals surface area (Å²) in [5, 5.41) is 0. The van der Waals surface area contributed by atoms with E-state index in [1.54, 1.807) is 0 Å². The SMILES string of the molecule is CCc1cc(Cc2cc(C)c(OCC3CO3)c(C)c2)cc(C)c1OCC1CO1. The van der Waals surface area contributed by atoms with Gasteiger partial charge in [-0.3, -0.25) is 0 Å². The van der Waals surface area contributed by atoms with E-state index >= 15 is 0 Å². The van der Waals surface area contributed by atoms with Crippen LogP contribution in [0.1, 0.15) is 40.3 Å². The standard InChI is InChI=1S/C24H30O4/c1-5-20-10-19(8-17(4)24(20)28-14-22-12-26-22)9-18-6-15(2)23(16(3)7-18)27-13-21-11-25-21/h6-8,10,21-22H,5,9,11-14H2,1-4H3. The summed E-state index contributed by atoms with van der Waals surface area (Å²) in [5.41, 5.74) is 7.48. The zero-order valence-electron chi connectivity index (χ0n) is 17.3. The fourth-order valence-electron chi connectivity index (χ4n) is 3.79. The maximum atomic E-state index is 6.04. The predicted molar refractivity (Wildman–Crippen MR) is 110 cm³/mol. The van der Waals surface area contributed by atoms with Crippen molar-refractivity contribution in [1.82, 2.24) is 0 Å². The normalized spacial score (nSPS) is 20.1. The lowest BCUT2D eigenvalue weighted by atomic mass is 9.96. The van der Waals surface area contributed by atoms with Crippen LogP contribution in [0.5, 0.6) is 11.5 Å². The number of hydrogen-bond donors (Lipinski definition) is 0. The van der Waals surface area contributed by atoms with Crippen LogP contribution in [0.25, 0.3) is 0 Å². The largest absolute Gasteiger partial charge is 0.490 e. The second-order valence-corrected chi connectivity index (χ2v) is 8.02. The number of epoxide rings is 2. The first-order valence-corrected chi connectivity index (χ1v) is 10.2. The van der Waals surface area contributed by atoms with Gasteiger partial charge in [-0.05, 0) is 67.0 Å². The molecule has 0 saturated carbocycles. The zero-order chi connectivity index (χ0) is 19.7. The van der Waals surface area contributed by atoms with Crippen molar-refractivity contribution < 1.29 is 18.9 Å². The molecule has 2 unspecified atom stereocenters. The van der Waals surface area contributed by atoms with Crippen LogP contribution in [0.3, 0.4) is 0 Å². The average Bonchev–Trinajstić information content (AvgIpc) is 3.54. The number of ether oxygens (including phenoxy) is 4. The van der Waals surface area contributed by atoms with E-state index in [1.165, 1.54) is 33.4 Å². The minimum Gasteiger partial charge on any atom is -0.490 e. The van der Waals surface area contributed by atoms with Crippen molar-refractivity contribution in [3.8, 4) is 11.5 Å². The van der Waals surface area contributed by atoms with Crippen LogP contribution in [0, 0.1) is 20.8 Å². The topological polar surface area (TPSA) is 43.5 Å². The molecule has 2 heterocycles. The Morgan fingerprint density at radius 1 is 0.786 bits per heavy atom. The molecule has 0 aromatic heterocycles. The zero-order valence-corrected chi connectivity index (χ0v) is 17.3. The first kappa shape index (κ1) is 19.3. The molecule has 0 N–H and O–H groups in total. The van der Waals surface area contributed by atoms with E-state index in [-0.39, 0.29) is 12.2 Å². The van der Waals surface area contributed by atoms with Crippen molar-refractivity contribution in [1.29, 1.82) is 0 Å². The van der Waals surface area contributed by atoms with Crippen molar-refractivity contribution in [2.24, 2.45) is 0 Å². The number of aryl methyl sites for hydroxylation is 4. The van der Waals surface area contributed by atoms with Crippen LogP contribution in [-0.4, -0.2) is 38.6 Å². The fraction of sp³-hybridized carbons (Fsp3) is 0.500. The van der Waals surface area contributed by atoms with Crippen LogP contribution in [0.2, 0.25) is 0 Å². The molecular weight excluding hydrogens is 352 g/mol. The Morgan fingerprint density at radius 3 is 1.75 bits per heavy atom. The summed E-state index contributed by atoms with van der Waals surface area (Å²) in [7, 11) is 0. The lowest BCUT2D eigenvalue weighted by molar-refractivity contribution is 0.260. The Kier molecular flexibility index (Phi) is 5.61. The minimum atomic E-state index is 0.279. The molecule has 2 atom stereocenters. The molecule has 2 saturated heterocycles. The van der Waals surface area contributed by atoms with Crippen LogP contribution < -0.4 is 9.47 Å². The average molecular weight is 383 g/mol. The highest BCUT2D eigenvalue weighted by atomic mass is 16.6. The Balaban J connectivity index is 1.50. The molecule has 150 valence electrons. The highest BCUT2D eigenvalue weighted by Gasteiger charge is 2.24. The van der Waals surface area contributed by atoms with Crippen molar-refractivity contribution >= 4 is 0 Å². The summed E-state index contributed by atoms with van der Waals surface area (Å²) in [6.07, 6.45) is 2.43. The predicted octanol–water partition coefficient (Wildman–Crippen LogP) is 4.32. The third-order valence-electron chi connectivity index (χ3n) is 5.35. The van der Waals surface area contributed by atoms with Gasteiger partial charge in [-0.15, -0.1) is 0 Å². The van der Waals surface area contributed by atoms with Gasteiger partial charge in [-0.1, -0.05) is 31.2 Å². The van der Waals surface area contributed by atoms with E-state index in [0.29, 0.717) is 13.2 Å². The summed E-state index contributed by atoms with van der Waals surface area (Å²) in [6, 6.07) is 9.02. The second kappa shape index (κ2) is 8.14. The van der Waals surface area contributed by atoms with Crippen LogP contribution in [0.15, 0.2) is 24.3 Å². The molecule has 4 nitrogen and oxygen atoms in total. The summed E-state index contributed by atoms with van der Waals surface area (Å²) in [5.74, 6) is 2.02. The van der Waals surface area contributed by atoms with Gasteiger partial charge in [0.2, 0.25) is 0 Å². The number of rotatable bonds is 9. The van der Waals surface area contributed by atoms with Gasteiger partial charge in [0, 0.05) is 0 Å². The Bertz CT molecular complexity index is 827. The summed E-state index contributed by atoms with van der Waals surface area (Å²) in [6.45, 7) is 11.5. The van der Waals surface area contributed by atoms with Crippen LogP contribution >= 0.6 is 0 Å². The summed E-state index contributed by atoms with van der Waals surface area (Å²) in [4.78, 5) is 0. The van der Waals surface area contributed by atoms with E-state index in [2.05, 4.69) is 52.0 Å². The van der Waals surface area contributed by atoms with Crippen LogP contribution in [-0.2, 0) is 22.3 Å². The lowest BCUT2D eigenvalue weighted by Crippen LogP contribution is -2.08. The first-order chi connectivity index (χ1) is 13.5. The second-order valence-electron chi connectivity index (χ2n) is 8.02. The highest BCUT2D eigenvalue weighted by molar-refractivity contribution is 5.48. The molecule has 2 fully saturated rings. The van der Waals surface area contributed by atoms with Gasteiger partial charge in [-0.25, -0.2) is 0 Å². The third-order valence-corrected chi connectivity index (χ3v) is 5.35. The van der Waals surface area contributed by atoms with Crippen LogP contribution in [0.4, 0.5) is 0 Å². The van der Waals surface area contributed by atoms with Crippen molar-refractivity contribution in [2.75, 3.05) is 26.4 Å². The van der Waals surface area contributed by atoms with E-state index in [1.807, 2.05) is 0 Å². The van der Waals surface area contributed by atoms with E-state index in [0.717, 1.165) is 37.6 Å². The highest BCUT2D eigenvalue weighted by Crippen LogP contribution is 2.30. The number of benzene rings is 2. The molecule has 2 aliphatic heterocycles. The molecule has 28 heavy (non-hydrogen) atoms. The summed E-state index contributed by atoms with van der Waals surface area (Å²) < 4.78 is 22.5. The molecule has 0 bridgehead atoms. The third kappa shape index (κ3) is 4.68. The van der Waals surface area contributed by atoms with Gasteiger partial charge in [0.25, 0.3) is 0 Å². The van der Waals surface area contributed by atoms with Gasteiger partial charge < -0.3 is 18.9 Å². The Hall–Kier alpha value is -2.04. The molecule has 0 aliphatic carbocycles. The van der Waals surface area contributed by atoms with Crippen molar-refractivity contribution in [2.45, 2.75) is 52.7 Å². The van der Waals surface area contributed by atoms with Crippen molar-refractivity contribution in [3.63, 3.8) is 0 Å². The maximum absolute atomic E-state index is 6.04. The Morgan fingerprint density at radius 2 is 1.25 bits per heavy atom. The minimum absolute atomic E-state index is 0.279. The van der Waals surface area contributed by atoms with E-state index in [9.17, 15) is 0 Å². The first-order valence-electron chi connectivity index (χ1n) is 10.2. The summed E-state index contributed by atoms with van der Waals surface area (Å²) >= 11 is 0. The molecule has 4 heteroatoms. The van der Waals surface area contributed by atoms with Gasteiger partial charge in [0.1, 0.15) is 36.9 Å². The molecule has 2 aromatic carbocycles. The molecular formula is C24H30O4. The lowest BCUT2D eigenvalue weighted by Gasteiger charge is -2.16. The molecule has 4 rings (SSSR count). The molecule has 0 spiro atoms. The van der Waals surface area contributed by atoms with Gasteiger partial charge in [0.15, 0.2) is 0 Å². The Labute approximate surface area is 167 Å².